The van der Waals surface area contributed by atoms with Gasteiger partial charge in [-0.1, -0.05) is 60.7 Å². The molecule has 0 spiro atoms. The number of carbonyl (C=O) groups is 1. The van der Waals surface area contributed by atoms with E-state index in [1.54, 1.807) is 0 Å². The molecule has 1 heterocycles. The van der Waals surface area contributed by atoms with Gasteiger partial charge in [0.05, 0.1) is 0 Å². The Balaban J connectivity index is 1.97. The van der Waals surface area contributed by atoms with Crippen LogP contribution in [0, 0.1) is 0 Å². The summed E-state index contributed by atoms with van der Waals surface area (Å²) in [5, 5.41) is 0. The van der Waals surface area contributed by atoms with Crippen molar-refractivity contribution < 1.29 is 9.53 Å². The molecule has 0 N–H and O–H groups in total. The van der Waals surface area contributed by atoms with Crippen molar-refractivity contribution in [1.29, 1.82) is 0 Å². The van der Waals surface area contributed by atoms with Crippen LogP contribution in [-0.2, 0) is 9.53 Å². The molecule has 0 aliphatic carbocycles. The largest absolute Gasteiger partial charge is 0.486 e. The first-order valence-corrected chi connectivity index (χ1v) is 6.79. The van der Waals surface area contributed by atoms with Crippen molar-refractivity contribution >= 4 is 11.5 Å². The van der Waals surface area contributed by atoms with Crippen LogP contribution < -0.4 is 0 Å². The summed E-state index contributed by atoms with van der Waals surface area (Å²) in [7, 11) is 0. The normalized spacial score (nSPS) is 18.9. The lowest BCUT2D eigenvalue weighted by Gasteiger charge is -2.11. The van der Waals surface area contributed by atoms with Crippen molar-refractivity contribution in [1.82, 2.24) is 0 Å². The van der Waals surface area contributed by atoms with Crippen molar-refractivity contribution in [2.24, 2.45) is 0 Å². The Bertz CT molecular complexity index is 614. The average Bonchev–Trinajstić information content (AvgIpc) is 2.71. The lowest BCUT2D eigenvalue weighted by Crippen LogP contribution is -2.07. The van der Waals surface area contributed by atoms with E-state index in [1.807, 2.05) is 48.5 Å². The van der Waals surface area contributed by atoms with E-state index in [2.05, 4.69) is 18.2 Å². The van der Waals surface area contributed by atoms with E-state index in [0.29, 0.717) is 6.42 Å². The fourth-order valence-corrected chi connectivity index (χ4v) is 2.45. The van der Waals surface area contributed by atoms with Gasteiger partial charge in [-0.25, -0.2) is 0 Å². The maximum atomic E-state index is 11.9. The average molecular weight is 264 g/mol. The topological polar surface area (TPSA) is 26.3 Å². The first-order chi connectivity index (χ1) is 9.83. The van der Waals surface area contributed by atoms with Crippen LogP contribution in [0.4, 0.5) is 0 Å². The predicted molar refractivity (Wildman–Crippen MR) is 79.2 cm³/mol. The molecule has 100 valence electrons. The number of benzene rings is 2. The second-order valence-electron chi connectivity index (χ2n) is 4.95. The van der Waals surface area contributed by atoms with Gasteiger partial charge in [-0.2, -0.15) is 0 Å². The summed E-state index contributed by atoms with van der Waals surface area (Å²) in [5.74, 6) is 1.02. The zero-order valence-corrected chi connectivity index (χ0v) is 11.2. The molecule has 1 aliphatic heterocycles. The van der Waals surface area contributed by atoms with Crippen LogP contribution in [0.2, 0.25) is 0 Å². The fraction of sp³-hybridized carbons (Fsp3) is 0.167. The molecule has 0 saturated heterocycles. The van der Waals surface area contributed by atoms with Gasteiger partial charge in [0.25, 0.3) is 0 Å². The number of hydrogen-bond acceptors (Lipinski definition) is 2. The summed E-state index contributed by atoms with van der Waals surface area (Å²) in [6.45, 7) is 0.157. The Labute approximate surface area is 118 Å². The first kappa shape index (κ1) is 12.7. The van der Waals surface area contributed by atoms with Gasteiger partial charge in [-0.05, 0) is 11.6 Å². The van der Waals surface area contributed by atoms with E-state index in [1.165, 1.54) is 0 Å². The van der Waals surface area contributed by atoms with Gasteiger partial charge in [0.2, 0.25) is 0 Å². The quantitative estimate of drug-likeness (QED) is 0.824. The highest BCUT2D eigenvalue weighted by Gasteiger charge is 2.20. The zero-order valence-electron chi connectivity index (χ0n) is 11.2. The Morgan fingerprint density at radius 3 is 2.25 bits per heavy atom. The van der Waals surface area contributed by atoms with Crippen molar-refractivity contribution in [2.75, 3.05) is 6.61 Å². The van der Waals surface area contributed by atoms with Crippen molar-refractivity contribution in [3.05, 3.63) is 77.9 Å². The molecule has 1 unspecified atom stereocenters. The monoisotopic (exact) mass is 264 g/mol. The van der Waals surface area contributed by atoms with Crippen LogP contribution in [0.5, 0.6) is 0 Å². The molecule has 0 amide bonds. The maximum Gasteiger partial charge on any atom is 0.171 e. The van der Waals surface area contributed by atoms with E-state index >= 15 is 0 Å². The molecule has 1 aliphatic rings. The lowest BCUT2D eigenvalue weighted by atomic mass is 9.93. The van der Waals surface area contributed by atoms with Crippen LogP contribution in [0.1, 0.15) is 23.5 Å². The van der Waals surface area contributed by atoms with Crippen molar-refractivity contribution in [2.45, 2.75) is 12.3 Å². The van der Waals surface area contributed by atoms with E-state index in [9.17, 15) is 4.79 Å². The van der Waals surface area contributed by atoms with Crippen LogP contribution in [0.3, 0.4) is 0 Å². The van der Waals surface area contributed by atoms with Crippen LogP contribution in [0.25, 0.3) is 5.76 Å². The molecule has 1 atom stereocenters. The molecule has 0 saturated carbocycles. The van der Waals surface area contributed by atoms with Gasteiger partial charge in [0.1, 0.15) is 12.4 Å². The van der Waals surface area contributed by atoms with Crippen LogP contribution in [0.15, 0.2) is 66.7 Å². The standard InChI is InChI=1S/C18H16O2/c19-17-11-16(14-7-3-1-4-8-14)12-18(20-13-17)15-9-5-2-6-10-15/h1-10,12,16H,11,13H2. The van der Waals surface area contributed by atoms with Gasteiger partial charge < -0.3 is 4.74 Å². The molecule has 20 heavy (non-hydrogen) atoms. The summed E-state index contributed by atoms with van der Waals surface area (Å²) in [5.41, 5.74) is 2.17. The van der Waals surface area contributed by atoms with Gasteiger partial charge in [-0.3, -0.25) is 4.79 Å². The summed E-state index contributed by atoms with van der Waals surface area (Å²) in [6, 6.07) is 20.0. The molecule has 0 aromatic heterocycles. The van der Waals surface area contributed by atoms with Gasteiger partial charge >= 0.3 is 0 Å². The number of rotatable bonds is 2. The number of hydrogen-bond donors (Lipinski definition) is 0. The fourth-order valence-electron chi connectivity index (χ4n) is 2.45. The first-order valence-electron chi connectivity index (χ1n) is 6.79. The third kappa shape index (κ3) is 2.80. The lowest BCUT2D eigenvalue weighted by molar-refractivity contribution is -0.121. The minimum absolute atomic E-state index is 0.0846. The Morgan fingerprint density at radius 2 is 1.55 bits per heavy atom. The second-order valence-corrected chi connectivity index (χ2v) is 4.95. The summed E-state index contributed by atoms with van der Waals surface area (Å²) in [6.07, 6.45) is 2.57. The van der Waals surface area contributed by atoms with Gasteiger partial charge in [0, 0.05) is 17.9 Å². The van der Waals surface area contributed by atoms with E-state index in [4.69, 9.17) is 4.74 Å². The highest BCUT2D eigenvalue weighted by atomic mass is 16.5. The van der Waals surface area contributed by atoms with Crippen LogP contribution in [-0.4, -0.2) is 12.4 Å². The minimum atomic E-state index is 0.0846. The van der Waals surface area contributed by atoms with Crippen molar-refractivity contribution in [3.8, 4) is 0 Å². The molecule has 0 fully saturated rings. The Hall–Kier alpha value is -2.35. The maximum absolute atomic E-state index is 11.9. The Kier molecular flexibility index (Phi) is 3.64. The number of allylic oxidation sites excluding steroid dienone is 1. The molecule has 0 bridgehead atoms. The molecule has 0 radical (unpaired) electrons. The molecular formula is C18H16O2. The zero-order chi connectivity index (χ0) is 13.8. The van der Waals surface area contributed by atoms with E-state index in [0.717, 1.165) is 16.9 Å². The third-order valence-electron chi connectivity index (χ3n) is 3.47. The summed E-state index contributed by atoms with van der Waals surface area (Å²) in [4.78, 5) is 11.9. The molecule has 2 aromatic carbocycles. The highest BCUT2D eigenvalue weighted by molar-refractivity contribution is 5.83. The SMILES string of the molecule is O=C1COC(c2ccccc2)=CC(c2ccccc2)C1. The van der Waals surface area contributed by atoms with Gasteiger partial charge in [0.15, 0.2) is 5.78 Å². The summed E-state index contributed by atoms with van der Waals surface area (Å²) >= 11 is 0. The smallest absolute Gasteiger partial charge is 0.171 e. The number of ketones is 1. The highest BCUT2D eigenvalue weighted by Crippen LogP contribution is 2.29. The van der Waals surface area contributed by atoms with Gasteiger partial charge in [-0.15, -0.1) is 0 Å². The number of ether oxygens (including phenoxy) is 1. The number of carbonyl (C=O) groups excluding carboxylic acids is 1. The predicted octanol–water partition coefficient (Wildman–Crippen LogP) is 3.80. The second kappa shape index (κ2) is 5.74. The molecule has 2 nitrogen and oxygen atoms in total. The molecule has 3 rings (SSSR count). The van der Waals surface area contributed by atoms with Crippen molar-refractivity contribution in [3.63, 3.8) is 0 Å². The molecule has 2 heteroatoms. The molecular weight excluding hydrogens is 248 g/mol. The molecule has 2 aromatic rings. The summed E-state index contributed by atoms with van der Waals surface area (Å²) < 4.78 is 5.66. The minimum Gasteiger partial charge on any atom is -0.486 e. The van der Waals surface area contributed by atoms with Crippen LogP contribution >= 0.6 is 0 Å². The number of Topliss-reactive ketones (excluding diaryl/α,β-unsaturated/α-hetero) is 1. The Morgan fingerprint density at radius 1 is 0.900 bits per heavy atom. The third-order valence-corrected chi connectivity index (χ3v) is 3.47. The van der Waals surface area contributed by atoms with E-state index in [-0.39, 0.29) is 18.3 Å². The van der Waals surface area contributed by atoms with E-state index < -0.39 is 0 Å².